The molecule has 6 aliphatic rings. The molecule has 8 atom stereocenters. The summed E-state index contributed by atoms with van der Waals surface area (Å²) in [4.78, 5) is 77.9. The van der Waals surface area contributed by atoms with E-state index in [9.17, 15) is 24.0 Å². The van der Waals surface area contributed by atoms with E-state index in [0.29, 0.717) is 55.3 Å². The molecule has 14 heteroatoms. The summed E-state index contributed by atoms with van der Waals surface area (Å²) in [5.41, 5.74) is 13.7. The summed E-state index contributed by atoms with van der Waals surface area (Å²) >= 11 is 0. The molecule has 4 bridgehead atoms. The topological polar surface area (TPSA) is 175 Å². The SMILES string of the molecule is COC(=O)NC(C(=O)N1CCCC1C(=O)Nc1cccc(-c2ccc(-c3ccc(-c4cnc(C5CCCN5C(=O)C(NC(=O)OC)C(C)C)[nH]4)c4c3C3CCC4C3)c3c2C2CCC3C2)c1)C(C)C. The second kappa shape index (κ2) is 18.4. The third-order valence-corrected chi connectivity index (χ3v) is 16.2. The normalized spacial score (nSPS) is 24.0. The van der Waals surface area contributed by atoms with Crippen molar-refractivity contribution >= 4 is 35.6 Å². The number of nitrogens with zero attached hydrogens (tertiary/aromatic N) is 3. The van der Waals surface area contributed by atoms with Gasteiger partial charge >= 0.3 is 12.2 Å². The Balaban J connectivity index is 0.929. The fourth-order valence-electron chi connectivity index (χ4n) is 13.0. The van der Waals surface area contributed by atoms with E-state index in [1.54, 1.807) is 4.90 Å². The Morgan fingerprint density at radius 3 is 1.75 bits per heavy atom. The van der Waals surface area contributed by atoms with Gasteiger partial charge in [-0.05, 0) is 156 Å². The predicted octanol–water partition coefficient (Wildman–Crippen LogP) is 9.49. The van der Waals surface area contributed by atoms with Crippen molar-refractivity contribution in [2.24, 2.45) is 11.8 Å². The van der Waals surface area contributed by atoms with Gasteiger partial charge in [0.1, 0.15) is 23.9 Å². The highest BCUT2D eigenvalue weighted by Gasteiger charge is 2.45. The first-order valence-corrected chi connectivity index (χ1v) is 24.9. The van der Waals surface area contributed by atoms with E-state index in [1.807, 2.05) is 50.9 Å². The van der Waals surface area contributed by atoms with E-state index in [4.69, 9.17) is 14.5 Å². The second-order valence-corrected chi connectivity index (χ2v) is 20.7. The highest BCUT2D eigenvalue weighted by Crippen LogP contribution is 2.62. The van der Waals surface area contributed by atoms with E-state index in [-0.39, 0.29) is 35.6 Å². The van der Waals surface area contributed by atoms with Crippen LogP contribution < -0.4 is 16.0 Å². The largest absolute Gasteiger partial charge is 0.453 e. The summed E-state index contributed by atoms with van der Waals surface area (Å²) < 4.78 is 9.63. The van der Waals surface area contributed by atoms with Crippen molar-refractivity contribution in [3.8, 4) is 33.5 Å². The zero-order valence-electron chi connectivity index (χ0n) is 40.2. The number of aromatic amines is 1. The Morgan fingerprint density at radius 2 is 1.16 bits per heavy atom. The van der Waals surface area contributed by atoms with Crippen LogP contribution in [-0.4, -0.2) is 95.1 Å². The van der Waals surface area contributed by atoms with Crippen molar-refractivity contribution in [3.05, 3.63) is 82.8 Å². The number of benzene rings is 3. The molecule has 0 radical (unpaired) electrons. The lowest BCUT2D eigenvalue weighted by molar-refractivity contribution is -0.139. The number of carbonyl (C=O) groups is 5. The summed E-state index contributed by atoms with van der Waals surface area (Å²) in [6.07, 6.45) is 10.6. The quantitative estimate of drug-likeness (QED) is 0.109. The van der Waals surface area contributed by atoms with E-state index < -0.39 is 30.3 Å². The molecule has 1 aromatic heterocycles. The molecule has 10 rings (SSSR count). The predicted molar refractivity (Wildman–Crippen MR) is 259 cm³/mol. The minimum absolute atomic E-state index is 0.108. The number of imidazole rings is 1. The van der Waals surface area contributed by atoms with Crippen LogP contribution in [0.25, 0.3) is 33.5 Å². The first-order valence-electron chi connectivity index (χ1n) is 24.9. The van der Waals surface area contributed by atoms with Crippen molar-refractivity contribution in [1.29, 1.82) is 0 Å². The van der Waals surface area contributed by atoms with Gasteiger partial charge in [0.05, 0.1) is 32.2 Å². The first kappa shape index (κ1) is 45.6. The minimum Gasteiger partial charge on any atom is -0.453 e. The third-order valence-electron chi connectivity index (χ3n) is 16.2. The van der Waals surface area contributed by atoms with Crippen LogP contribution in [0.2, 0.25) is 0 Å². The average molecular weight is 924 g/mol. The second-order valence-electron chi connectivity index (χ2n) is 20.7. The minimum atomic E-state index is -0.796. The van der Waals surface area contributed by atoms with E-state index in [0.717, 1.165) is 42.8 Å². The number of likely N-dealkylation sites (tertiary alicyclic amines) is 2. The lowest BCUT2D eigenvalue weighted by atomic mass is 9.77. The highest BCUT2D eigenvalue weighted by atomic mass is 16.5. The van der Waals surface area contributed by atoms with Crippen molar-refractivity contribution in [3.63, 3.8) is 0 Å². The van der Waals surface area contributed by atoms with E-state index in [2.05, 4.69) is 57.3 Å². The third kappa shape index (κ3) is 8.00. The van der Waals surface area contributed by atoms with E-state index >= 15 is 0 Å². The summed E-state index contributed by atoms with van der Waals surface area (Å²) in [7, 11) is 2.58. The number of amides is 5. The number of fused-ring (bicyclic) bond motifs is 10. The maximum atomic E-state index is 13.9. The van der Waals surface area contributed by atoms with Gasteiger partial charge in [0.2, 0.25) is 17.7 Å². The summed E-state index contributed by atoms with van der Waals surface area (Å²) in [6, 6.07) is 15.1. The Bertz CT molecular complexity index is 2660. The van der Waals surface area contributed by atoms with Gasteiger partial charge in [0, 0.05) is 24.3 Å². The number of hydrogen-bond donors (Lipinski definition) is 4. The Hall–Kier alpha value is -6.18. The maximum absolute atomic E-state index is 13.9. The fourth-order valence-corrected chi connectivity index (χ4v) is 13.0. The van der Waals surface area contributed by atoms with Crippen LogP contribution in [0, 0.1) is 11.8 Å². The van der Waals surface area contributed by atoms with Crippen LogP contribution in [0.5, 0.6) is 0 Å². The number of hydrogen-bond acceptors (Lipinski definition) is 8. The molecule has 0 spiro atoms. The molecule has 5 amide bonds. The van der Waals surface area contributed by atoms with Crippen LogP contribution in [0.4, 0.5) is 15.3 Å². The molecule has 8 unspecified atom stereocenters. The Morgan fingerprint density at radius 1 is 0.647 bits per heavy atom. The molecule has 2 aliphatic heterocycles. The van der Waals surface area contributed by atoms with Gasteiger partial charge in [-0.25, -0.2) is 14.6 Å². The van der Waals surface area contributed by atoms with Gasteiger partial charge in [0.15, 0.2) is 0 Å². The van der Waals surface area contributed by atoms with Crippen LogP contribution in [0.1, 0.15) is 150 Å². The molecule has 4 aromatic rings. The van der Waals surface area contributed by atoms with Crippen LogP contribution >= 0.6 is 0 Å². The molecular formula is C54H65N7O7. The number of methoxy groups -OCH3 is 2. The highest BCUT2D eigenvalue weighted by molar-refractivity contribution is 5.99. The van der Waals surface area contributed by atoms with Crippen LogP contribution in [0.3, 0.4) is 0 Å². The molecule has 358 valence electrons. The first-order chi connectivity index (χ1) is 32.8. The van der Waals surface area contributed by atoms with Gasteiger partial charge in [0.25, 0.3) is 0 Å². The van der Waals surface area contributed by atoms with Crippen molar-refractivity contribution in [2.45, 2.75) is 140 Å². The molecule has 14 nitrogen and oxygen atoms in total. The fraction of sp³-hybridized carbons (Fsp3) is 0.519. The Kier molecular flexibility index (Phi) is 12.3. The molecular weight excluding hydrogens is 859 g/mol. The van der Waals surface area contributed by atoms with Crippen molar-refractivity contribution in [1.82, 2.24) is 30.4 Å². The molecule has 4 fully saturated rings. The number of rotatable bonds is 12. The van der Waals surface area contributed by atoms with Crippen LogP contribution in [-0.2, 0) is 23.9 Å². The zero-order chi connectivity index (χ0) is 47.5. The smallest absolute Gasteiger partial charge is 0.407 e. The monoisotopic (exact) mass is 923 g/mol. The van der Waals surface area contributed by atoms with Gasteiger partial charge in [-0.15, -0.1) is 0 Å². The average Bonchev–Trinajstić information content (AvgIpc) is 4.21. The number of anilines is 1. The molecule has 3 aromatic carbocycles. The molecule has 3 heterocycles. The molecule has 2 saturated heterocycles. The van der Waals surface area contributed by atoms with Gasteiger partial charge in [-0.2, -0.15) is 0 Å². The lowest BCUT2D eigenvalue weighted by Crippen LogP contribution is -2.54. The molecule has 4 N–H and O–H groups in total. The maximum Gasteiger partial charge on any atom is 0.407 e. The van der Waals surface area contributed by atoms with Crippen molar-refractivity contribution < 1.29 is 33.4 Å². The van der Waals surface area contributed by atoms with Crippen molar-refractivity contribution in [2.75, 3.05) is 32.6 Å². The zero-order valence-corrected chi connectivity index (χ0v) is 40.2. The number of nitrogens with one attached hydrogen (secondary N) is 4. The number of alkyl carbamates (subject to hydrolysis) is 2. The molecule has 68 heavy (non-hydrogen) atoms. The number of ether oxygens (including phenoxy) is 2. The standard InChI is InChI=1S/C54H65N7O7/c1-28(2)47(58-53(65)67-5)51(63)60-22-8-12-41(60)49-55-27-40(57-49)39-21-20-38(45-33-16-17-34(25-33)46(39)45)37-19-18-36(43-31-14-15-32(24-31)44(37)43)30-10-7-11-35(26-30)56-50(62)42-13-9-23-61(42)52(64)48(29(3)4)59-54(66)68-6/h7,10-11,18-21,26-29,31-34,41-42,47-48H,8-9,12-17,22-25H2,1-6H3,(H,55,57)(H,56,62)(H,58,65)(H,59,66). The number of H-pyrrole nitrogens is 1. The summed E-state index contributed by atoms with van der Waals surface area (Å²) in [5.74, 6) is 1.84. The van der Waals surface area contributed by atoms with Gasteiger partial charge in [-0.1, -0.05) is 64.1 Å². The summed E-state index contributed by atoms with van der Waals surface area (Å²) in [6.45, 7) is 8.64. The van der Waals surface area contributed by atoms with Crippen LogP contribution in [0.15, 0.2) is 54.7 Å². The van der Waals surface area contributed by atoms with Gasteiger partial charge in [-0.3, -0.25) is 14.4 Å². The number of carbonyl (C=O) groups excluding carboxylic acids is 5. The molecule has 4 aliphatic carbocycles. The lowest BCUT2D eigenvalue weighted by Gasteiger charge is -2.30. The molecule has 2 saturated carbocycles. The summed E-state index contributed by atoms with van der Waals surface area (Å²) in [5, 5.41) is 8.58. The van der Waals surface area contributed by atoms with E-state index in [1.165, 1.54) is 84.4 Å². The number of aromatic nitrogens is 2. The Labute approximate surface area is 398 Å². The van der Waals surface area contributed by atoms with Gasteiger partial charge < -0.3 is 40.2 Å².